The number of fused-ring (bicyclic) bond motifs is 2. The fraction of sp³-hybridized carbons (Fsp3) is 0. The smallest absolute Gasteiger partial charge is 0.296 e. The summed E-state index contributed by atoms with van der Waals surface area (Å²) in [4.78, 5) is -2.89. The van der Waals surface area contributed by atoms with Crippen molar-refractivity contribution >= 4 is 109 Å². The maximum Gasteiger partial charge on any atom is 0.296 e. The molecule has 29 heteroatoms. The summed E-state index contributed by atoms with van der Waals surface area (Å²) in [5, 5.41) is 85.5. The van der Waals surface area contributed by atoms with Crippen LogP contribution in [-0.4, -0.2) is 69.5 Å². The highest BCUT2D eigenvalue weighted by atomic mass is 32.2. The van der Waals surface area contributed by atoms with Gasteiger partial charge in [-0.25, -0.2) is 5.26 Å². The van der Waals surface area contributed by atoms with E-state index in [9.17, 15) is 64.5 Å². The van der Waals surface area contributed by atoms with Gasteiger partial charge in [0, 0.05) is 39.4 Å². The molecule has 0 amide bonds. The lowest BCUT2D eigenvalue weighted by atomic mass is 10.1. The maximum absolute atomic E-state index is 12.9. The Bertz CT molecular complexity index is 3260. The zero-order chi connectivity index (χ0) is 44.8. The molecule has 0 aromatic heterocycles. The second-order valence-electron chi connectivity index (χ2n) is 12.1. The third-order valence-corrected chi connectivity index (χ3v) is 11.6. The zero-order valence-electron chi connectivity index (χ0n) is 29.7. The lowest BCUT2D eigenvalue weighted by Crippen LogP contribution is -2.04. The Morgan fingerprint density at radius 2 is 1.10 bits per heavy atom. The van der Waals surface area contributed by atoms with Crippen molar-refractivity contribution in [3.05, 3.63) is 78.0 Å². The van der Waals surface area contributed by atoms with Gasteiger partial charge in [-0.3, -0.25) is 13.7 Å². The molecule has 0 aliphatic carbocycles. The number of benzene rings is 6. The van der Waals surface area contributed by atoms with Crippen LogP contribution in [-0.2, 0) is 39.7 Å². The number of nitrogen functional groups attached to an aromatic ring is 2. The van der Waals surface area contributed by atoms with Crippen molar-refractivity contribution in [1.29, 1.82) is 0 Å². The number of hydrogen-bond donors (Lipinski definition) is 10. The van der Waals surface area contributed by atoms with E-state index < -0.39 is 95.9 Å². The molecular weight excluding hydrogens is 897 g/mol. The molecule has 0 saturated heterocycles. The lowest BCUT2D eigenvalue weighted by Gasteiger charge is -2.13. The molecule has 0 aliphatic heterocycles. The van der Waals surface area contributed by atoms with Gasteiger partial charge in [0.05, 0.1) is 33.8 Å². The van der Waals surface area contributed by atoms with Gasteiger partial charge < -0.3 is 37.1 Å². The topological polar surface area (TPSA) is 423 Å². The second-order valence-corrected chi connectivity index (χ2v) is 17.0. The molecule has 0 atom stereocenters. The van der Waals surface area contributed by atoms with E-state index in [0.717, 1.165) is 60.7 Å². The number of nitrogens with two attached hydrogens (primary N) is 2. The SMILES string of the molecule is Nc1ccc(S(=O)(=O)O)c2cc(SOOO)c(N=Nc3ccc(N=[N+]([O-])c4ccc(N=Nc5c(S(=O)(=O)O)cc6c(S(=O)(=O)O)ccc(N)c6c5O)c(O)c4)cc3O)c(O)c12. The van der Waals surface area contributed by atoms with Crippen molar-refractivity contribution in [2.24, 2.45) is 25.6 Å². The average Bonchev–Trinajstić information content (AvgIpc) is 3.15. The van der Waals surface area contributed by atoms with E-state index in [0.29, 0.717) is 6.07 Å². The maximum atomic E-state index is 12.9. The van der Waals surface area contributed by atoms with Crippen molar-refractivity contribution in [2.45, 2.75) is 19.6 Å². The van der Waals surface area contributed by atoms with Crippen LogP contribution in [0.2, 0.25) is 0 Å². The van der Waals surface area contributed by atoms with E-state index in [1.807, 2.05) is 0 Å². The minimum Gasteiger partial charge on any atom is -0.594 e. The van der Waals surface area contributed by atoms with E-state index in [2.05, 4.69) is 34.9 Å². The molecular formula is C32H24N8O17S4. The third kappa shape index (κ3) is 8.90. The fourth-order valence-corrected chi connectivity index (χ4v) is 8.11. The molecule has 0 heterocycles. The van der Waals surface area contributed by atoms with Gasteiger partial charge >= 0.3 is 0 Å². The van der Waals surface area contributed by atoms with E-state index in [1.54, 1.807) is 0 Å². The number of phenols is 4. The van der Waals surface area contributed by atoms with Crippen molar-refractivity contribution in [3.63, 3.8) is 0 Å². The second kappa shape index (κ2) is 16.3. The van der Waals surface area contributed by atoms with Gasteiger partial charge in [0.15, 0.2) is 11.5 Å². The minimum absolute atomic E-state index is 0.00285. The van der Waals surface area contributed by atoms with Crippen molar-refractivity contribution in [1.82, 2.24) is 0 Å². The quantitative estimate of drug-likeness (QED) is 0.0113. The Kier molecular flexibility index (Phi) is 11.7. The predicted octanol–water partition coefficient (Wildman–Crippen LogP) is 6.90. The van der Waals surface area contributed by atoms with Crippen molar-refractivity contribution in [3.8, 4) is 23.0 Å². The molecule has 0 bridgehead atoms. The molecule has 12 N–H and O–H groups in total. The van der Waals surface area contributed by atoms with Crippen LogP contribution in [0.1, 0.15) is 0 Å². The number of phenolic OH excluding ortho intramolecular Hbond substituents is 4. The van der Waals surface area contributed by atoms with Crippen molar-refractivity contribution < 1.29 is 78.8 Å². The van der Waals surface area contributed by atoms with Crippen LogP contribution in [0.25, 0.3) is 21.5 Å². The predicted molar refractivity (Wildman–Crippen MR) is 210 cm³/mol. The Morgan fingerprint density at radius 1 is 0.607 bits per heavy atom. The summed E-state index contributed by atoms with van der Waals surface area (Å²) in [6.07, 6.45) is 0. The first-order valence-electron chi connectivity index (χ1n) is 15.9. The number of azo groups is 3. The standard InChI is InChI=1S/C32H24N8O17S4/c33-17-3-7-24(59(47,48)49)15-11-23(58-57-56-46)29(31(43)27(15)17)37-35-19-5-1-13(9-21(19)41)39-40(45)14-2-6-20(22(42)10-14)36-38-30-26(61(53,54)55)12-16-25(60(50,51)52)8-4-18(34)28(16)32(30)44/h1-12,41-44,46H,33-34H2,(H,47,48,49)(H,50,51,52)(H,53,54,55). The summed E-state index contributed by atoms with van der Waals surface area (Å²) in [5.41, 5.74) is 8.80. The van der Waals surface area contributed by atoms with Crippen LogP contribution in [0.15, 0.2) is 118 Å². The summed E-state index contributed by atoms with van der Waals surface area (Å²) in [6.45, 7) is 0. The van der Waals surface area contributed by atoms with Crippen molar-refractivity contribution in [2.75, 3.05) is 11.5 Å². The highest BCUT2D eigenvalue weighted by Crippen LogP contribution is 2.49. The number of hydrogen-bond acceptors (Lipinski definition) is 22. The first-order chi connectivity index (χ1) is 28.5. The van der Waals surface area contributed by atoms with Crippen LogP contribution in [0.5, 0.6) is 23.0 Å². The molecule has 0 radical (unpaired) electrons. The molecule has 6 aromatic rings. The zero-order valence-corrected chi connectivity index (χ0v) is 32.9. The fourth-order valence-electron chi connectivity index (χ4n) is 5.62. The van der Waals surface area contributed by atoms with Crippen LogP contribution in [0.3, 0.4) is 0 Å². The Balaban J connectivity index is 1.30. The molecule has 6 rings (SSSR count). The van der Waals surface area contributed by atoms with Gasteiger partial charge in [0.2, 0.25) is 5.69 Å². The summed E-state index contributed by atoms with van der Waals surface area (Å²) in [6, 6.07) is 11.7. The number of anilines is 2. The van der Waals surface area contributed by atoms with E-state index in [1.165, 1.54) is 6.07 Å². The van der Waals surface area contributed by atoms with Crippen LogP contribution in [0, 0.1) is 5.21 Å². The summed E-state index contributed by atoms with van der Waals surface area (Å²) >= 11 is 0.236. The average molecular weight is 921 g/mol. The third-order valence-electron chi connectivity index (χ3n) is 8.26. The summed E-state index contributed by atoms with van der Waals surface area (Å²) < 4.78 is 106. The Morgan fingerprint density at radius 3 is 1.61 bits per heavy atom. The first kappa shape index (κ1) is 43.8. The largest absolute Gasteiger partial charge is 0.594 e. The monoisotopic (exact) mass is 920 g/mol. The van der Waals surface area contributed by atoms with Gasteiger partial charge in [-0.2, -0.15) is 25.3 Å². The normalized spacial score (nSPS) is 13.0. The molecule has 6 aromatic carbocycles. The highest BCUT2D eigenvalue weighted by molar-refractivity contribution is 7.94. The lowest BCUT2D eigenvalue weighted by molar-refractivity contribution is -0.435. The summed E-state index contributed by atoms with van der Waals surface area (Å²) in [7, 11) is -15.1. The van der Waals surface area contributed by atoms with Gasteiger partial charge in [-0.05, 0) is 59.5 Å². The molecule has 25 nitrogen and oxygen atoms in total. The molecule has 61 heavy (non-hydrogen) atoms. The highest BCUT2D eigenvalue weighted by Gasteiger charge is 2.27. The Labute approximate surface area is 344 Å². The van der Waals surface area contributed by atoms with Gasteiger partial charge in [-0.1, -0.05) is 5.04 Å². The number of rotatable bonds is 12. The molecule has 318 valence electrons. The van der Waals surface area contributed by atoms with E-state index in [4.69, 9.17) is 16.7 Å². The molecule has 0 saturated carbocycles. The van der Waals surface area contributed by atoms with E-state index in [-0.39, 0.29) is 61.0 Å². The molecule has 0 aliphatic rings. The molecule has 0 fully saturated rings. The van der Waals surface area contributed by atoms with Crippen LogP contribution in [0.4, 0.5) is 45.5 Å². The van der Waals surface area contributed by atoms with Crippen LogP contribution < -0.4 is 11.5 Å². The van der Waals surface area contributed by atoms with Gasteiger partial charge in [0.1, 0.15) is 54.6 Å². The van der Waals surface area contributed by atoms with E-state index >= 15 is 0 Å². The minimum atomic E-state index is -5.27. The van der Waals surface area contributed by atoms with Crippen LogP contribution >= 0.6 is 12.0 Å². The molecule has 0 unspecified atom stereocenters. The van der Waals surface area contributed by atoms with Gasteiger partial charge in [-0.15, -0.1) is 24.8 Å². The Hall–Kier alpha value is -6.80. The number of nitrogens with zero attached hydrogens (tertiary/aromatic N) is 6. The number of aromatic hydroxyl groups is 4. The first-order valence-corrected chi connectivity index (χ1v) is 21.0. The summed E-state index contributed by atoms with van der Waals surface area (Å²) in [5.74, 6) is -3.20. The van der Waals surface area contributed by atoms with Gasteiger partial charge in [0.25, 0.3) is 30.4 Å². The molecule has 0 spiro atoms.